The van der Waals surface area contributed by atoms with Gasteiger partial charge >= 0.3 is 0 Å². The van der Waals surface area contributed by atoms with Gasteiger partial charge in [-0.1, -0.05) is 31.2 Å². The largest absolute Gasteiger partial charge is 0.368 e. The van der Waals surface area contributed by atoms with Crippen molar-refractivity contribution in [3.8, 4) is 0 Å². The highest BCUT2D eigenvalue weighted by molar-refractivity contribution is 5.82. The summed E-state index contributed by atoms with van der Waals surface area (Å²) in [6.07, 6.45) is 4.23. The van der Waals surface area contributed by atoms with Crippen LogP contribution in [0.4, 0.5) is 0 Å². The molecule has 3 heterocycles. The summed E-state index contributed by atoms with van der Waals surface area (Å²) in [5.41, 5.74) is 2.73. The number of nitrogens with zero attached hydrogens (tertiary/aromatic N) is 4. The Balaban J connectivity index is 1.28. The molecule has 7 heteroatoms. The summed E-state index contributed by atoms with van der Waals surface area (Å²) >= 11 is 0. The van der Waals surface area contributed by atoms with E-state index in [4.69, 9.17) is 4.74 Å². The van der Waals surface area contributed by atoms with Crippen LogP contribution in [0.5, 0.6) is 0 Å². The van der Waals surface area contributed by atoms with Crippen LogP contribution in [-0.4, -0.2) is 85.6 Å². The van der Waals surface area contributed by atoms with Crippen molar-refractivity contribution in [2.45, 2.75) is 51.8 Å². The highest BCUT2D eigenvalue weighted by atomic mass is 16.5. The van der Waals surface area contributed by atoms with Crippen LogP contribution in [0.2, 0.25) is 0 Å². The van der Waals surface area contributed by atoms with Gasteiger partial charge in [0, 0.05) is 52.9 Å². The number of guanidine groups is 1. The Morgan fingerprint density at radius 2 is 1.72 bits per heavy atom. The second-order valence-corrected chi connectivity index (χ2v) is 9.44. The highest BCUT2D eigenvalue weighted by Gasteiger charge is 2.31. The number of ether oxygens (including phenoxy) is 1. The first-order chi connectivity index (χ1) is 15.6. The summed E-state index contributed by atoms with van der Waals surface area (Å²) in [5, 5.41) is 3.57. The summed E-state index contributed by atoms with van der Waals surface area (Å²) in [6, 6.07) is 8.75. The molecule has 1 aromatic carbocycles. The monoisotopic (exact) mass is 441 g/mol. The number of amides is 1. The SMILES string of the molecule is CN=C(NCc1ccccc1CN1CCC(C)CC1)N1CCN(C(=O)C2CCCO2)CC1. The molecular weight excluding hydrogens is 402 g/mol. The molecule has 1 N–H and O–H groups in total. The molecule has 0 bridgehead atoms. The summed E-state index contributed by atoms with van der Waals surface area (Å²) < 4.78 is 5.58. The molecule has 4 rings (SSSR count). The third kappa shape index (κ3) is 5.81. The number of benzene rings is 1. The predicted octanol–water partition coefficient (Wildman–Crippen LogP) is 2.32. The van der Waals surface area contributed by atoms with Gasteiger partial charge in [-0.3, -0.25) is 14.7 Å². The van der Waals surface area contributed by atoms with Gasteiger partial charge in [0.25, 0.3) is 5.91 Å². The van der Waals surface area contributed by atoms with E-state index in [9.17, 15) is 4.79 Å². The van der Waals surface area contributed by atoms with Crippen LogP contribution < -0.4 is 5.32 Å². The minimum atomic E-state index is -0.224. The van der Waals surface area contributed by atoms with Gasteiger partial charge in [-0.25, -0.2) is 0 Å². The molecule has 1 atom stereocenters. The van der Waals surface area contributed by atoms with E-state index in [1.54, 1.807) is 0 Å². The molecule has 0 aliphatic carbocycles. The van der Waals surface area contributed by atoms with Gasteiger partial charge in [-0.05, 0) is 55.8 Å². The van der Waals surface area contributed by atoms with Crippen molar-refractivity contribution < 1.29 is 9.53 Å². The minimum absolute atomic E-state index is 0.158. The van der Waals surface area contributed by atoms with E-state index in [1.807, 2.05) is 11.9 Å². The van der Waals surface area contributed by atoms with Crippen LogP contribution in [-0.2, 0) is 22.6 Å². The maximum Gasteiger partial charge on any atom is 0.251 e. The zero-order valence-corrected chi connectivity index (χ0v) is 19.8. The zero-order valence-electron chi connectivity index (χ0n) is 19.8. The molecule has 176 valence electrons. The fourth-order valence-corrected chi connectivity index (χ4v) is 4.97. The summed E-state index contributed by atoms with van der Waals surface area (Å²) in [7, 11) is 1.84. The molecule has 0 aromatic heterocycles. The summed E-state index contributed by atoms with van der Waals surface area (Å²) in [6.45, 7) is 10.3. The lowest BCUT2D eigenvalue weighted by Gasteiger charge is -2.37. The van der Waals surface area contributed by atoms with Crippen LogP contribution in [0.25, 0.3) is 0 Å². The van der Waals surface area contributed by atoms with Crippen LogP contribution in [0.1, 0.15) is 43.7 Å². The van der Waals surface area contributed by atoms with Crippen molar-refractivity contribution >= 4 is 11.9 Å². The first-order valence-electron chi connectivity index (χ1n) is 12.3. The van der Waals surface area contributed by atoms with Crippen LogP contribution in [0, 0.1) is 5.92 Å². The molecule has 3 aliphatic rings. The molecule has 3 saturated heterocycles. The number of piperidine rings is 1. The number of hydrogen-bond acceptors (Lipinski definition) is 4. The Morgan fingerprint density at radius 1 is 1.03 bits per heavy atom. The van der Waals surface area contributed by atoms with Crippen molar-refractivity contribution in [2.75, 3.05) is 52.9 Å². The van der Waals surface area contributed by atoms with Crippen molar-refractivity contribution in [3.63, 3.8) is 0 Å². The average Bonchev–Trinajstić information content (AvgIpc) is 3.37. The second-order valence-electron chi connectivity index (χ2n) is 9.44. The first kappa shape index (κ1) is 23.1. The Morgan fingerprint density at radius 3 is 2.38 bits per heavy atom. The molecule has 1 aromatic rings. The van der Waals surface area contributed by atoms with E-state index in [0.717, 1.165) is 64.0 Å². The quantitative estimate of drug-likeness (QED) is 0.561. The maximum absolute atomic E-state index is 12.6. The number of aliphatic imine (C=N–C) groups is 1. The van der Waals surface area contributed by atoms with Crippen LogP contribution in [0.15, 0.2) is 29.3 Å². The zero-order chi connectivity index (χ0) is 22.3. The highest BCUT2D eigenvalue weighted by Crippen LogP contribution is 2.20. The second kappa shape index (κ2) is 11.1. The maximum atomic E-state index is 12.6. The molecule has 3 fully saturated rings. The van der Waals surface area contributed by atoms with Gasteiger partial charge in [0.15, 0.2) is 5.96 Å². The van der Waals surface area contributed by atoms with E-state index in [-0.39, 0.29) is 12.0 Å². The molecule has 1 unspecified atom stereocenters. The van der Waals surface area contributed by atoms with E-state index in [2.05, 4.69) is 51.3 Å². The molecule has 0 radical (unpaired) electrons. The number of hydrogen-bond donors (Lipinski definition) is 1. The van der Waals surface area contributed by atoms with Crippen LogP contribution >= 0.6 is 0 Å². The predicted molar refractivity (Wildman–Crippen MR) is 127 cm³/mol. The Hall–Kier alpha value is -2.12. The molecule has 0 spiro atoms. The molecule has 0 saturated carbocycles. The average molecular weight is 442 g/mol. The molecule has 32 heavy (non-hydrogen) atoms. The smallest absolute Gasteiger partial charge is 0.251 e. The topological polar surface area (TPSA) is 60.4 Å². The van der Waals surface area contributed by atoms with E-state index in [1.165, 1.54) is 37.1 Å². The van der Waals surface area contributed by atoms with Crippen LogP contribution in [0.3, 0.4) is 0 Å². The van der Waals surface area contributed by atoms with Gasteiger partial charge in [0.2, 0.25) is 0 Å². The molecule has 3 aliphatic heterocycles. The molecule has 7 nitrogen and oxygen atoms in total. The lowest BCUT2D eigenvalue weighted by Crippen LogP contribution is -2.55. The molecular formula is C25H39N5O2. The number of carbonyl (C=O) groups is 1. The Bertz CT molecular complexity index is 776. The fraction of sp³-hybridized carbons (Fsp3) is 0.680. The van der Waals surface area contributed by atoms with Gasteiger partial charge in [0.1, 0.15) is 6.10 Å². The van der Waals surface area contributed by atoms with E-state index >= 15 is 0 Å². The number of nitrogens with one attached hydrogen (secondary N) is 1. The summed E-state index contributed by atoms with van der Waals surface area (Å²) in [5.74, 6) is 1.93. The number of piperazine rings is 1. The minimum Gasteiger partial charge on any atom is -0.368 e. The van der Waals surface area contributed by atoms with Gasteiger partial charge in [0.05, 0.1) is 0 Å². The van der Waals surface area contributed by atoms with E-state index < -0.39 is 0 Å². The third-order valence-electron chi connectivity index (χ3n) is 7.13. The Kier molecular flexibility index (Phi) is 8.03. The lowest BCUT2D eigenvalue weighted by molar-refractivity contribution is -0.142. The third-order valence-corrected chi connectivity index (χ3v) is 7.13. The fourth-order valence-electron chi connectivity index (χ4n) is 4.97. The van der Waals surface area contributed by atoms with E-state index in [0.29, 0.717) is 6.61 Å². The van der Waals surface area contributed by atoms with Gasteiger partial charge in [-0.2, -0.15) is 0 Å². The number of rotatable bonds is 5. The standard InChI is InChI=1S/C25H39N5O2/c1-20-9-11-28(12-10-20)19-22-7-4-3-6-21(22)18-27-25(26-2)30-15-13-29(14-16-30)24(31)23-8-5-17-32-23/h3-4,6-7,20,23H,5,8-19H2,1-2H3,(H,26,27). The van der Waals surface area contributed by atoms with Crippen molar-refractivity contribution in [1.82, 2.24) is 20.0 Å². The van der Waals surface area contributed by atoms with Gasteiger partial charge < -0.3 is 19.9 Å². The van der Waals surface area contributed by atoms with Crippen molar-refractivity contribution in [2.24, 2.45) is 10.9 Å². The lowest BCUT2D eigenvalue weighted by atomic mass is 9.98. The Labute approximate surface area is 192 Å². The number of carbonyl (C=O) groups excluding carboxylic acids is 1. The van der Waals surface area contributed by atoms with Gasteiger partial charge in [-0.15, -0.1) is 0 Å². The van der Waals surface area contributed by atoms with Crippen molar-refractivity contribution in [1.29, 1.82) is 0 Å². The summed E-state index contributed by atoms with van der Waals surface area (Å²) in [4.78, 5) is 23.9. The first-order valence-corrected chi connectivity index (χ1v) is 12.3. The normalized spacial score (nSPS) is 23.6. The van der Waals surface area contributed by atoms with Crippen molar-refractivity contribution in [3.05, 3.63) is 35.4 Å². The number of likely N-dealkylation sites (tertiary alicyclic amines) is 1. The molecule has 1 amide bonds.